The first-order valence-corrected chi connectivity index (χ1v) is 12.6. The van der Waals surface area contributed by atoms with Crippen molar-refractivity contribution in [2.75, 3.05) is 0 Å². The van der Waals surface area contributed by atoms with Gasteiger partial charge in [-0.25, -0.2) is 14.4 Å². The molecule has 2 unspecified atom stereocenters. The van der Waals surface area contributed by atoms with Crippen molar-refractivity contribution in [1.29, 1.82) is 0 Å². The molecule has 1 aromatic rings. The molecule has 0 saturated carbocycles. The molecule has 0 spiro atoms. The summed E-state index contributed by atoms with van der Waals surface area (Å²) in [6, 6.07) is 9.25. The maximum absolute atomic E-state index is 12.5. The molecule has 2 fully saturated rings. The summed E-state index contributed by atoms with van der Waals surface area (Å²) in [7, 11) is 0. The molecule has 0 aliphatic carbocycles. The number of aliphatic hydroxyl groups excluding tert-OH is 1. The second-order valence-corrected chi connectivity index (χ2v) is 10.2. The van der Waals surface area contributed by atoms with E-state index in [1.165, 1.54) is 6.92 Å². The number of carbonyl (C=O) groups is 5. The lowest BCUT2D eigenvalue weighted by Crippen LogP contribution is -2.77. The van der Waals surface area contributed by atoms with Crippen LogP contribution in [0.1, 0.15) is 39.2 Å². The Morgan fingerprint density at radius 1 is 1.02 bits per heavy atom. The third-order valence-corrected chi connectivity index (χ3v) is 7.30. The van der Waals surface area contributed by atoms with Crippen LogP contribution >= 0.6 is 0 Å². The van der Waals surface area contributed by atoms with Gasteiger partial charge in [-0.05, 0) is 24.0 Å². The zero-order valence-electron chi connectivity index (χ0n) is 22.5. The highest BCUT2D eigenvalue weighted by Crippen LogP contribution is 2.55. The van der Waals surface area contributed by atoms with Gasteiger partial charge in [0.25, 0.3) is 0 Å². The van der Waals surface area contributed by atoms with Crippen molar-refractivity contribution in [2.24, 2.45) is 5.92 Å². The number of hydrogen-bond donors (Lipinski definition) is 5. The number of rotatable bonds is 12. The molecule has 0 radical (unpaired) electrons. The van der Waals surface area contributed by atoms with Crippen LogP contribution in [0.4, 0.5) is 0 Å². The Morgan fingerprint density at radius 3 is 2.12 bits per heavy atom. The normalized spacial score (nSPS) is 31.9. The number of aliphatic hydroxyl groups is 2. The lowest BCUT2D eigenvalue weighted by atomic mass is 9.74. The molecule has 41 heavy (non-hydrogen) atoms. The highest BCUT2D eigenvalue weighted by molar-refractivity contribution is 5.97. The first-order valence-electron chi connectivity index (χ1n) is 12.6. The lowest BCUT2D eigenvalue weighted by molar-refractivity contribution is -0.374. The molecule has 14 nitrogen and oxygen atoms in total. The minimum absolute atomic E-state index is 0.227. The number of esters is 2. The van der Waals surface area contributed by atoms with E-state index in [-0.39, 0.29) is 17.9 Å². The molecule has 1 aromatic carbocycles. The predicted octanol–water partition coefficient (Wildman–Crippen LogP) is 0.275. The molecule has 224 valence electrons. The summed E-state index contributed by atoms with van der Waals surface area (Å²) in [5.74, 6) is -11.3. The lowest BCUT2D eigenvalue weighted by Gasteiger charge is -2.48. The summed E-state index contributed by atoms with van der Waals surface area (Å²) in [6.07, 6.45) is -8.69. The van der Waals surface area contributed by atoms with Crippen LogP contribution < -0.4 is 0 Å². The number of aliphatic carboxylic acids is 3. The molecule has 2 heterocycles. The third-order valence-electron chi connectivity index (χ3n) is 7.30. The van der Waals surface area contributed by atoms with Crippen molar-refractivity contribution < 1.29 is 68.5 Å². The number of carbonyl (C=O) groups excluding carboxylic acids is 2. The molecule has 2 aliphatic rings. The van der Waals surface area contributed by atoms with E-state index in [9.17, 15) is 49.5 Å². The van der Waals surface area contributed by atoms with Crippen molar-refractivity contribution >= 4 is 29.8 Å². The van der Waals surface area contributed by atoms with Crippen LogP contribution in [0.3, 0.4) is 0 Å². The van der Waals surface area contributed by atoms with Gasteiger partial charge in [0.2, 0.25) is 23.1 Å². The van der Waals surface area contributed by atoms with E-state index in [2.05, 4.69) is 6.58 Å². The van der Waals surface area contributed by atoms with Gasteiger partial charge >= 0.3 is 29.8 Å². The fourth-order valence-corrected chi connectivity index (χ4v) is 5.49. The number of carboxylic acid groups (broad SMARTS) is 3. The van der Waals surface area contributed by atoms with Crippen molar-refractivity contribution in [3.63, 3.8) is 0 Å². The number of carboxylic acids is 3. The molecule has 0 aromatic heterocycles. The van der Waals surface area contributed by atoms with Gasteiger partial charge in [0.1, 0.15) is 12.2 Å². The second-order valence-electron chi connectivity index (χ2n) is 10.2. The van der Waals surface area contributed by atoms with E-state index in [4.69, 9.17) is 18.9 Å². The molecule has 3 rings (SSSR count). The quantitative estimate of drug-likeness (QED) is 0.165. The molecular weight excluding hydrogens is 548 g/mol. The van der Waals surface area contributed by atoms with Crippen LogP contribution in [-0.2, 0) is 49.3 Å². The summed E-state index contributed by atoms with van der Waals surface area (Å²) in [5.41, 5.74) is -6.21. The van der Waals surface area contributed by atoms with Crippen LogP contribution in [0.2, 0.25) is 0 Å². The van der Waals surface area contributed by atoms with Gasteiger partial charge in [0, 0.05) is 26.2 Å². The van der Waals surface area contributed by atoms with Crippen LogP contribution in [0, 0.1) is 5.92 Å². The largest absolute Gasteiger partial charge is 0.479 e. The number of hydrogen-bond acceptors (Lipinski definition) is 11. The standard InChI is InChI=1S/C27H32O14/c1-13(18(38-15(3)28)14(2)12-17-8-6-5-7-9-17)10-11-25-20(39-16(4)29)19(30)27(41-25,24(35)36)26(37,23(33)34)21(40-25)22(31)32/h5-9,14,18-21,30,37H,1,10-12H2,2-4H3,(H,31,32)(H,33,34)(H,35,36)/t14?,18?,19-,20-,21-,25+,26-,27+/m1/s1. The zero-order chi connectivity index (χ0) is 30.9. The minimum Gasteiger partial charge on any atom is -0.479 e. The molecular formula is C27H32O14. The maximum atomic E-state index is 12.5. The molecule has 0 amide bonds. The molecule has 14 heteroatoms. The Balaban J connectivity index is 2.02. The average molecular weight is 581 g/mol. The first kappa shape index (κ1) is 31.7. The minimum atomic E-state index is -3.86. The summed E-state index contributed by atoms with van der Waals surface area (Å²) in [6.45, 7) is 7.85. The Morgan fingerprint density at radius 2 is 1.63 bits per heavy atom. The van der Waals surface area contributed by atoms with E-state index < -0.39 is 77.7 Å². The van der Waals surface area contributed by atoms with E-state index in [0.29, 0.717) is 6.42 Å². The van der Waals surface area contributed by atoms with Crippen LogP contribution in [0.25, 0.3) is 0 Å². The van der Waals surface area contributed by atoms with E-state index in [0.717, 1.165) is 12.5 Å². The first-order chi connectivity index (χ1) is 19.0. The van der Waals surface area contributed by atoms with Gasteiger partial charge in [0.05, 0.1) is 0 Å². The van der Waals surface area contributed by atoms with Crippen molar-refractivity contribution in [3.05, 3.63) is 48.0 Å². The van der Waals surface area contributed by atoms with E-state index in [1.807, 2.05) is 30.3 Å². The van der Waals surface area contributed by atoms with Gasteiger partial charge in [-0.1, -0.05) is 43.8 Å². The van der Waals surface area contributed by atoms with Gasteiger partial charge in [-0.3, -0.25) is 9.59 Å². The summed E-state index contributed by atoms with van der Waals surface area (Å²) in [5, 5.41) is 51.6. The highest BCUT2D eigenvalue weighted by atomic mass is 16.8. The monoisotopic (exact) mass is 580 g/mol. The topological polar surface area (TPSA) is 223 Å². The van der Waals surface area contributed by atoms with Crippen molar-refractivity contribution in [2.45, 2.75) is 81.4 Å². The zero-order valence-corrected chi connectivity index (χ0v) is 22.5. The van der Waals surface area contributed by atoms with Gasteiger partial charge in [0.15, 0.2) is 6.10 Å². The molecule has 5 N–H and O–H groups in total. The Kier molecular flexibility index (Phi) is 8.93. The molecule has 2 saturated heterocycles. The van der Waals surface area contributed by atoms with Crippen molar-refractivity contribution in [3.8, 4) is 0 Å². The smallest absolute Gasteiger partial charge is 0.343 e. The van der Waals surface area contributed by atoms with Crippen LogP contribution in [-0.4, -0.2) is 96.8 Å². The summed E-state index contributed by atoms with van der Waals surface area (Å²) < 4.78 is 21.5. The highest BCUT2D eigenvalue weighted by Gasteiger charge is 2.85. The van der Waals surface area contributed by atoms with Crippen molar-refractivity contribution in [1.82, 2.24) is 0 Å². The summed E-state index contributed by atoms with van der Waals surface area (Å²) in [4.78, 5) is 60.5. The fraction of sp³-hybridized carbons (Fsp3) is 0.519. The van der Waals surface area contributed by atoms with Crippen LogP contribution in [0.15, 0.2) is 42.5 Å². The number of fused-ring (bicyclic) bond motifs is 2. The third kappa shape index (κ3) is 5.43. The Labute approximate surface area is 234 Å². The van der Waals surface area contributed by atoms with Gasteiger partial charge in [-0.2, -0.15) is 0 Å². The SMILES string of the molecule is C=C(CC[C@]12O[C@H](C(=O)O)[C@@](O)(C(=O)O)[C@](C(=O)O)(O1)[C@H](O)[C@H]2OC(C)=O)C(OC(C)=O)C(C)Cc1ccccc1. The number of benzene rings is 1. The molecule has 2 aliphatic heterocycles. The molecule has 8 atom stereocenters. The second kappa shape index (κ2) is 11.6. The van der Waals surface area contributed by atoms with E-state index in [1.54, 1.807) is 6.92 Å². The van der Waals surface area contributed by atoms with E-state index >= 15 is 0 Å². The summed E-state index contributed by atoms with van der Waals surface area (Å²) >= 11 is 0. The van der Waals surface area contributed by atoms with Gasteiger partial charge in [-0.15, -0.1) is 0 Å². The number of ether oxygens (including phenoxy) is 4. The van der Waals surface area contributed by atoms with Crippen LogP contribution in [0.5, 0.6) is 0 Å². The maximum Gasteiger partial charge on any atom is 0.343 e. The fourth-order valence-electron chi connectivity index (χ4n) is 5.49. The molecule has 2 bridgehead atoms. The Hall–Kier alpha value is -3.85. The van der Waals surface area contributed by atoms with Gasteiger partial charge < -0.3 is 44.5 Å². The Bertz CT molecular complexity index is 1230. The predicted molar refractivity (Wildman–Crippen MR) is 134 cm³/mol. The average Bonchev–Trinajstić information content (AvgIpc) is 3.09.